The molecule has 0 aliphatic rings. The second-order valence-electron chi connectivity index (χ2n) is 4.46. The molecule has 0 aliphatic carbocycles. The number of phenolic OH excluding ortho intramolecular Hbond substituents is 1. The number of anilines is 1. The summed E-state index contributed by atoms with van der Waals surface area (Å²) >= 11 is 6.18. The number of carbonyl (C=O) groups excluding carboxylic acids is 1. The summed E-state index contributed by atoms with van der Waals surface area (Å²) in [7, 11) is 0. The van der Waals surface area contributed by atoms with Gasteiger partial charge in [0.1, 0.15) is 11.3 Å². The van der Waals surface area contributed by atoms with Gasteiger partial charge in [-0.15, -0.1) is 0 Å². The van der Waals surface area contributed by atoms with Crippen LogP contribution >= 0.6 is 31.9 Å². The minimum Gasteiger partial charge on any atom is -0.506 e. The van der Waals surface area contributed by atoms with Crippen LogP contribution in [0.25, 0.3) is 0 Å². The number of nitro groups is 2. The minimum atomic E-state index is -0.870. The van der Waals surface area contributed by atoms with Crippen molar-refractivity contribution in [3.8, 4) is 5.75 Å². The molecule has 2 aromatic rings. The number of hydrogen-bond donors (Lipinski definition) is 2. The maximum absolute atomic E-state index is 12.2. The van der Waals surface area contributed by atoms with Crippen molar-refractivity contribution >= 4 is 54.8 Å². The van der Waals surface area contributed by atoms with Crippen molar-refractivity contribution < 1.29 is 19.7 Å². The molecule has 0 fully saturated rings. The van der Waals surface area contributed by atoms with Gasteiger partial charge in [-0.25, -0.2) is 0 Å². The molecule has 0 aliphatic heterocycles. The Hall–Kier alpha value is -2.53. The predicted octanol–water partition coefficient (Wildman–Crippen LogP) is 3.99. The third-order valence-corrected chi connectivity index (χ3v) is 4.12. The van der Waals surface area contributed by atoms with Crippen LogP contribution in [0.5, 0.6) is 5.75 Å². The highest BCUT2D eigenvalue weighted by Gasteiger charge is 2.24. The van der Waals surface area contributed by atoms with Crippen LogP contribution in [0.4, 0.5) is 17.1 Å². The Balaban J connectivity index is 2.40. The number of phenols is 1. The number of hydrogen-bond acceptors (Lipinski definition) is 6. The highest BCUT2D eigenvalue weighted by molar-refractivity contribution is 9.11. The molecule has 0 radical (unpaired) electrons. The molecule has 124 valence electrons. The second kappa shape index (κ2) is 6.93. The van der Waals surface area contributed by atoms with E-state index in [9.17, 15) is 30.1 Å². The molecule has 2 N–H and O–H groups in total. The van der Waals surface area contributed by atoms with Gasteiger partial charge in [0.05, 0.1) is 24.9 Å². The number of carbonyl (C=O) groups is 1. The second-order valence-corrected chi connectivity index (χ2v) is 6.17. The fourth-order valence-electron chi connectivity index (χ4n) is 1.81. The molecular formula is C13H7Br2N3O6. The molecule has 0 saturated heterocycles. The van der Waals surface area contributed by atoms with E-state index in [4.69, 9.17) is 0 Å². The first-order valence-corrected chi connectivity index (χ1v) is 7.71. The van der Waals surface area contributed by atoms with Crippen molar-refractivity contribution in [3.63, 3.8) is 0 Å². The quantitative estimate of drug-likeness (QED) is 0.402. The smallest absolute Gasteiger partial charge is 0.289 e. The topological polar surface area (TPSA) is 136 Å². The van der Waals surface area contributed by atoms with Gasteiger partial charge in [-0.1, -0.05) is 0 Å². The lowest BCUT2D eigenvalue weighted by molar-refractivity contribution is -0.394. The van der Waals surface area contributed by atoms with Crippen LogP contribution in [-0.4, -0.2) is 20.9 Å². The van der Waals surface area contributed by atoms with Gasteiger partial charge in [-0.3, -0.25) is 25.0 Å². The Morgan fingerprint density at radius 2 is 1.62 bits per heavy atom. The standard InChI is InChI=1S/C13H7Br2N3O6/c14-9-3-6(4-10(15)12(9)19)16-13(20)8-2-1-7(17(21)22)5-11(8)18(23)24/h1-5,19H,(H,16,20). The van der Waals surface area contributed by atoms with Gasteiger partial charge in [-0.05, 0) is 50.1 Å². The highest BCUT2D eigenvalue weighted by atomic mass is 79.9. The number of nitro benzene ring substituents is 2. The van der Waals surface area contributed by atoms with Crippen LogP contribution in [0.2, 0.25) is 0 Å². The molecule has 0 saturated carbocycles. The van der Waals surface area contributed by atoms with Crippen molar-refractivity contribution in [1.82, 2.24) is 0 Å². The maximum Gasteiger partial charge on any atom is 0.289 e. The van der Waals surface area contributed by atoms with Crippen molar-refractivity contribution in [1.29, 1.82) is 0 Å². The number of amides is 1. The van der Waals surface area contributed by atoms with Gasteiger partial charge in [0.15, 0.2) is 0 Å². The van der Waals surface area contributed by atoms with E-state index in [-0.39, 0.29) is 17.0 Å². The van der Waals surface area contributed by atoms with Crippen LogP contribution in [-0.2, 0) is 0 Å². The molecule has 0 bridgehead atoms. The lowest BCUT2D eigenvalue weighted by Gasteiger charge is -2.08. The van der Waals surface area contributed by atoms with E-state index in [0.717, 1.165) is 18.2 Å². The van der Waals surface area contributed by atoms with Gasteiger partial charge in [0, 0.05) is 11.8 Å². The average molecular weight is 461 g/mol. The van der Waals surface area contributed by atoms with Gasteiger partial charge >= 0.3 is 0 Å². The lowest BCUT2D eigenvalue weighted by atomic mass is 10.1. The van der Waals surface area contributed by atoms with Crippen molar-refractivity contribution in [2.24, 2.45) is 0 Å². The Kier molecular flexibility index (Phi) is 5.14. The van der Waals surface area contributed by atoms with E-state index in [2.05, 4.69) is 37.2 Å². The molecule has 0 atom stereocenters. The Bertz CT molecular complexity index is 848. The fraction of sp³-hybridized carbons (Fsp3) is 0. The normalized spacial score (nSPS) is 10.2. The van der Waals surface area contributed by atoms with Gasteiger partial charge < -0.3 is 10.4 Å². The average Bonchev–Trinajstić information content (AvgIpc) is 2.51. The van der Waals surface area contributed by atoms with E-state index in [1.165, 1.54) is 12.1 Å². The number of nitrogens with zero attached hydrogens (tertiary/aromatic N) is 2. The number of aromatic hydroxyl groups is 1. The maximum atomic E-state index is 12.2. The largest absolute Gasteiger partial charge is 0.506 e. The van der Waals surface area contributed by atoms with Crippen molar-refractivity contribution in [2.75, 3.05) is 5.32 Å². The zero-order chi connectivity index (χ0) is 18.0. The van der Waals surface area contributed by atoms with Crippen LogP contribution in [0.15, 0.2) is 39.3 Å². The van der Waals surface area contributed by atoms with Gasteiger partial charge in [0.25, 0.3) is 17.3 Å². The molecule has 0 spiro atoms. The van der Waals surface area contributed by atoms with Gasteiger partial charge in [0.2, 0.25) is 0 Å². The van der Waals surface area contributed by atoms with Crippen molar-refractivity contribution in [2.45, 2.75) is 0 Å². The van der Waals surface area contributed by atoms with E-state index >= 15 is 0 Å². The number of non-ortho nitro benzene ring substituents is 1. The third-order valence-electron chi connectivity index (χ3n) is 2.91. The summed E-state index contributed by atoms with van der Waals surface area (Å²) in [5.41, 5.74) is -1.25. The minimum absolute atomic E-state index is 0.0747. The van der Waals surface area contributed by atoms with E-state index in [1.807, 2.05) is 0 Å². The summed E-state index contributed by atoms with van der Waals surface area (Å²) in [5, 5.41) is 33.8. The summed E-state index contributed by atoms with van der Waals surface area (Å²) in [6, 6.07) is 5.53. The van der Waals surface area contributed by atoms with Crippen LogP contribution in [0.3, 0.4) is 0 Å². The highest BCUT2D eigenvalue weighted by Crippen LogP contribution is 2.35. The first kappa shape index (κ1) is 17.8. The Morgan fingerprint density at radius 3 is 2.12 bits per heavy atom. The zero-order valence-corrected chi connectivity index (χ0v) is 14.7. The lowest BCUT2D eigenvalue weighted by Crippen LogP contribution is -2.14. The van der Waals surface area contributed by atoms with Crippen LogP contribution < -0.4 is 5.32 Å². The molecule has 11 heteroatoms. The molecule has 0 aromatic heterocycles. The molecule has 0 heterocycles. The molecular weight excluding hydrogens is 454 g/mol. The molecule has 2 rings (SSSR count). The summed E-state index contributed by atoms with van der Waals surface area (Å²) in [4.78, 5) is 32.4. The molecule has 2 aromatic carbocycles. The van der Waals surface area contributed by atoms with E-state index in [0.29, 0.717) is 8.95 Å². The van der Waals surface area contributed by atoms with Crippen LogP contribution in [0.1, 0.15) is 10.4 Å². The molecule has 9 nitrogen and oxygen atoms in total. The number of nitrogens with one attached hydrogen (secondary N) is 1. The van der Waals surface area contributed by atoms with E-state index < -0.39 is 27.1 Å². The molecule has 24 heavy (non-hydrogen) atoms. The van der Waals surface area contributed by atoms with Gasteiger partial charge in [-0.2, -0.15) is 0 Å². The SMILES string of the molecule is O=C(Nc1cc(Br)c(O)c(Br)c1)c1ccc([N+](=O)[O-])cc1[N+](=O)[O-]. The van der Waals surface area contributed by atoms with Crippen molar-refractivity contribution in [3.05, 3.63) is 65.1 Å². The Labute approximate surface area is 150 Å². The summed E-state index contributed by atoms with van der Waals surface area (Å²) in [5.74, 6) is -0.893. The number of halogens is 2. The first-order chi connectivity index (χ1) is 11.2. The molecule has 1 amide bonds. The third kappa shape index (κ3) is 3.68. The number of benzene rings is 2. The summed E-state index contributed by atoms with van der Waals surface area (Å²) in [6.45, 7) is 0. The van der Waals surface area contributed by atoms with E-state index in [1.54, 1.807) is 0 Å². The predicted molar refractivity (Wildman–Crippen MR) is 91.2 cm³/mol. The first-order valence-electron chi connectivity index (χ1n) is 6.13. The number of rotatable bonds is 4. The molecule has 0 unspecified atom stereocenters. The monoisotopic (exact) mass is 459 g/mol. The Morgan fingerprint density at radius 1 is 1.04 bits per heavy atom. The zero-order valence-electron chi connectivity index (χ0n) is 11.5. The van der Waals surface area contributed by atoms with Crippen LogP contribution in [0, 0.1) is 20.2 Å². The summed E-state index contributed by atoms with van der Waals surface area (Å²) in [6.07, 6.45) is 0. The summed E-state index contributed by atoms with van der Waals surface area (Å²) < 4.78 is 0.593. The fourth-order valence-corrected chi connectivity index (χ4v) is 3.00.